The Hall–Kier alpha value is -2.06. The van der Waals surface area contributed by atoms with E-state index in [0.29, 0.717) is 29.7 Å². The van der Waals surface area contributed by atoms with E-state index in [1.165, 1.54) is 0 Å². The van der Waals surface area contributed by atoms with Gasteiger partial charge in [0, 0.05) is 24.4 Å². The fourth-order valence-corrected chi connectivity index (χ4v) is 1.80. The Morgan fingerprint density at radius 1 is 1.38 bits per heavy atom. The molecular weight excluding hydrogens is 294 g/mol. The van der Waals surface area contributed by atoms with E-state index in [-0.39, 0.29) is 18.4 Å². The van der Waals surface area contributed by atoms with Crippen LogP contribution in [0.1, 0.15) is 18.4 Å². The van der Waals surface area contributed by atoms with Gasteiger partial charge >= 0.3 is 0 Å². The zero-order valence-corrected chi connectivity index (χ0v) is 12.8. The Morgan fingerprint density at radius 3 is 2.90 bits per heavy atom. The minimum Gasteiger partial charge on any atom is -0.330 e. The van der Waals surface area contributed by atoms with Crippen LogP contribution in [-0.4, -0.2) is 42.8 Å². The highest BCUT2D eigenvalue weighted by molar-refractivity contribution is 5.85. The second-order valence-corrected chi connectivity index (χ2v) is 4.64. The van der Waals surface area contributed by atoms with Gasteiger partial charge in [0.15, 0.2) is 5.82 Å². The highest BCUT2D eigenvalue weighted by Crippen LogP contribution is 2.14. The molecule has 0 spiro atoms. The van der Waals surface area contributed by atoms with Crippen LogP contribution in [-0.2, 0) is 6.42 Å². The maximum atomic E-state index is 5.21. The molecule has 0 aliphatic heterocycles. The zero-order chi connectivity index (χ0) is 14.1. The fraction of sp³-hybridized carbons (Fsp3) is 0.417. The summed E-state index contributed by atoms with van der Waals surface area (Å²) in [6, 6.07) is 2.14. The Balaban J connectivity index is 0.00000161. The normalized spacial score (nSPS) is 12.3. The van der Waals surface area contributed by atoms with E-state index in [1.54, 1.807) is 10.7 Å². The van der Waals surface area contributed by atoms with E-state index in [2.05, 4.69) is 30.5 Å². The molecule has 21 heavy (non-hydrogen) atoms. The molecule has 0 amide bonds. The number of aromatic nitrogens is 6. The highest BCUT2D eigenvalue weighted by atomic mass is 35.5. The number of halogens is 1. The first-order valence-electron chi connectivity index (χ1n) is 6.36. The molecule has 0 aliphatic carbocycles. The third-order valence-corrected chi connectivity index (χ3v) is 3.07. The first kappa shape index (κ1) is 15.3. The number of fused-ring (bicyclic) bond motifs is 1. The Morgan fingerprint density at radius 2 is 2.19 bits per heavy atom. The van der Waals surface area contributed by atoms with Crippen LogP contribution in [0.15, 0.2) is 16.8 Å². The van der Waals surface area contributed by atoms with Gasteiger partial charge in [-0.2, -0.15) is 9.97 Å². The van der Waals surface area contributed by atoms with E-state index in [0.717, 1.165) is 5.69 Å². The molecule has 3 heterocycles. The summed E-state index contributed by atoms with van der Waals surface area (Å²) in [4.78, 5) is 12.7. The number of nitrogens with zero attached hydrogens (tertiary/aromatic N) is 6. The van der Waals surface area contributed by atoms with Gasteiger partial charge in [-0.3, -0.25) is 0 Å². The molecule has 0 bridgehead atoms. The molecule has 8 nitrogen and oxygen atoms in total. The first-order valence-corrected chi connectivity index (χ1v) is 6.36. The van der Waals surface area contributed by atoms with E-state index in [4.69, 9.17) is 4.52 Å². The fourth-order valence-electron chi connectivity index (χ4n) is 1.80. The zero-order valence-electron chi connectivity index (χ0n) is 11.9. The van der Waals surface area contributed by atoms with Crippen molar-refractivity contribution >= 4 is 18.2 Å². The van der Waals surface area contributed by atoms with E-state index in [1.807, 2.05) is 27.0 Å². The molecule has 0 aliphatic rings. The molecule has 9 heteroatoms. The van der Waals surface area contributed by atoms with E-state index >= 15 is 0 Å². The van der Waals surface area contributed by atoms with Gasteiger partial charge in [-0.1, -0.05) is 5.16 Å². The predicted molar refractivity (Wildman–Crippen MR) is 78.3 cm³/mol. The number of hydrogen-bond acceptors (Lipinski definition) is 7. The topological polar surface area (TPSA) is 94.0 Å². The number of aryl methyl sites for hydroxylation is 1. The summed E-state index contributed by atoms with van der Waals surface area (Å²) in [5, 5.41) is 11.4. The van der Waals surface area contributed by atoms with E-state index in [9.17, 15) is 0 Å². The van der Waals surface area contributed by atoms with Crippen molar-refractivity contribution in [1.29, 1.82) is 0 Å². The summed E-state index contributed by atoms with van der Waals surface area (Å²) in [7, 11) is 1.89. The molecule has 0 saturated heterocycles. The second kappa shape index (κ2) is 6.15. The summed E-state index contributed by atoms with van der Waals surface area (Å²) in [6.07, 6.45) is 2.38. The molecule has 1 N–H and O–H groups in total. The number of likely N-dealkylation sites (N-methyl/N-ethyl adjacent to an activating group) is 1. The van der Waals surface area contributed by atoms with Gasteiger partial charge in [-0.05, 0) is 27.0 Å². The molecule has 0 radical (unpaired) electrons. The van der Waals surface area contributed by atoms with Crippen molar-refractivity contribution in [1.82, 2.24) is 35.0 Å². The SMILES string of the molecule is CNC(C)Cc1noc(-c2nc3nccc(C)n3n2)n1.Cl. The average Bonchev–Trinajstić information content (AvgIpc) is 3.05. The van der Waals surface area contributed by atoms with E-state index < -0.39 is 0 Å². The summed E-state index contributed by atoms with van der Waals surface area (Å²) < 4.78 is 6.86. The third kappa shape index (κ3) is 3.01. The van der Waals surface area contributed by atoms with Crippen LogP contribution in [0.25, 0.3) is 17.5 Å². The Kier molecular flexibility index (Phi) is 4.49. The quantitative estimate of drug-likeness (QED) is 0.770. The minimum absolute atomic E-state index is 0. The van der Waals surface area contributed by atoms with Crippen molar-refractivity contribution in [2.75, 3.05) is 7.05 Å². The lowest BCUT2D eigenvalue weighted by atomic mass is 10.2. The standard InChI is InChI=1S/C12H15N7O.ClH/c1-7(13-3)6-9-15-11(20-18-9)10-16-12-14-5-4-8(2)19(12)17-10;/h4-5,7,13H,6H2,1-3H3;1H. The van der Waals surface area contributed by atoms with Gasteiger partial charge in [-0.15, -0.1) is 17.5 Å². The van der Waals surface area contributed by atoms with Gasteiger partial charge in [0.05, 0.1) is 0 Å². The maximum absolute atomic E-state index is 5.21. The van der Waals surface area contributed by atoms with Crippen molar-refractivity contribution in [2.24, 2.45) is 0 Å². The van der Waals surface area contributed by atoms with Gasteiger partial charge in [0.25, 0.3) is 11.7 Å². The summed E-state index contributed by atoms with van der Waals surface area (Å²) in [5.74, 6) is 1.85. The van der Waals surface area contributed by atoms with Crippen LogP contribution < -0.4 is 5.32 Å². The summed E-state index contributed by atoms with van der Waals surface area (Å²) in [5.41, 5.74) is 0.942. The molecule has 3 aromatic heterocycles. The molecule has 1 unspecified atom stereocenters. The lowest BCUT2D eigenvalue weighted by Crippen LogP contribution is -2.24. The molecule has 0 fully saturated rings. The van der Waals surface area contributed by atoms with Crippen LogP contribution in [0.3, 0.4) is 0 Å². The number of hydrogen-bond donors (Lipinski definition) is 1. The smallest absolute Gasteiger partial charge is 0.297 e. The van der Waals surface area contributed by atoms with Crippen LogP contribution in [0, 0.1) is 6.92 Å². The Bertz CT molecular complexity index is 738. The van der Waals surface area contributed by atoms with Gasteiger partial charge in [0.1, 0.15) is 0 Å². The van der Waals surface area contributed by atoms with Gasteiger partial charge < -0.3 is 9.84 Å². The van der Waals surface area contributed by atoms with Crippen molar-refractivity contribution in [3.8, 4) is 11.7 Å². The molecule has 0 aromatic carbocycles. The lowest BCUT2D eigenvalue weighted by Gasteiger charge is -2.04. The van der Waals surface area contributed by atoms with Crippen molar-refractivity contribution in [2.45, 2.75) is 26.3 Å². The van der Waals surface area contributed by atoms with Crippen LogP contribution in [0.5, 0.6) is 0 Å². The van der Waals surface area contributed by atoms with Crippen LogP contribution in [0.2, 0.25) is 0 Å². The lowest BCUT2D eigenvalue weighted by molar-refractivity contribution is 0.416. The molecule has 112 valence electrons. The van der Waals surface area contributed by atoms with Gasteiger partial charge in [0.2, 0.25) is 5.82 Å². The monoisotopic (exact) mass is 309 g/mol. The van der Waals surface area contributed by atoms with Crippen molar-refractivity contribution in [3.63, 3.8) is 0 Å². The predicted octanol–water partition coefficient (Wildman–Crippen LogP) is 1.05. The molecule has 0 saturated carbocycles. The van der Waals surface area contributed by atoms with Crippen LogP contribution >= 0.6 is 12.4 Å². The largest absolute Gasteiger partial charge is 0.330 e. The minimum atomic E-state index is 0. The number of rotatable bonds is 4. The van der Waals surface area contributed by atoms with Crippen LogP contribution in [0.4, 0.5) is 0 Å². The second-order valence-electron chi connectivity index (χ2n) is 4.64. The summed E-state index contributed by atoms with van der Waals surface area (Å²) in [6.45, 7) is 3.98. The molecule has 3 aromatic rings. The first-order chi connectivity index (χ1) is 9.67. The maximum Gasteiger partial charge on any atom is 0.297 e. The Labute approximate surface area is 127 Å². The van der Waals surface area contributed by atoms with Crippen molar-refractivity contribution < 1.29 is 4.52 Å². The summed E-state index contributed by atoms with van der Waals surface area (Å²) >= 11 is 0. The average molecular weight is 310 g/mol. The molecule has 3 rings (SSSR count). The molecular formula is C12H16ClN7O. The van der Waals surface area contributed by atoms with Crippen molar-refractivity contribution in [3.05, 3.63) is 23.8 Å². The van der Waals surface area contributed by atoms with Gasteiger partial charge in [-0.25, -0.2) is 9.50 Å². The highest BCUT2D eigenvalue weighted by Gasteiger charge is 2.16. The third-order valence-electron chi connectivity index (χ3n) is 3.07. The number of nitrogens with one attached hydrogen (secondary N) is 1. The molecule has 1 atom stereocenters.